The second-order valence-electron chi connectivity index (χ2n) is 3.42. The van der Waals surface area contributed by atoms with Crippen LogP contribution in [0.1, 0.15) is 25.8 Å². The van der Waals surface area contributed by atoms with Gasteiger partial charge >= 0.3 is 0 Å². The minimum Gasteiger partial charge on any atom is -0.399 e. The number of anilines is 1. The Balaban J connectivity index is 3.14. The van der Waals surface area contributed by atoms with E-state index in [0.717, 1.165) is 12.0 Å². The van der Waals surface area contributed by atoms with Gasteiger partial charge in [-0.25, -0.2) is 0 Å². The van der Waals surface area contributed by atoms with Crippen LogP contribution in [-0.2, 0) is 5.41 Å². The highest BCUT2D eigenvalue weighted by Crippen LogP contribution is 2.27. The van der Waals surface area contributed by atoms with Crippen molar-refractivity contribution in [1.82, 2.24) is 0 Å². The van der Waals surface area contributed by atoms with E-state index in [1.165, 1.54) is 0 Å². The maximum Gasteiger partial charge on any atom is 0.0792 e. The molecule has 13 heavy (non-hydrogen) atoms. The smallest absolute Gasteiger partial charge is 0.0792 e. The molecule has 2 heteroatoms. The summed E-state index contributed by atoms with van der Waals surface area (Å²) in [5.41, 5.74) is 6.96. The summed E-state index contributed by atoms with van der Waals surface area (Å²) in [7, 11) is 0. The van der Waals surface area contributed by atoms with E-state index in [2.05, 4.69) is 6.07 Å². The number of hydrogen-bond acceptors (Lipinski definition) is 2. The molecule has 0 spiro atoms. The minimum atomic E-state index is -0.407. The summed E-state index contributed by atoms with van der Waals surface area (Å²) in [5, 5.41) is 9.04. The zero-order chi connectivity index (χ0) is 9.90. The fourth-order valence-electron chi connectivity index (χ4n) is 1.23. The van der Waals surface area contributed by atoms with Crippen LogP contribution in [0.4, 0.5) is 5.69 Å². The highest BCUT2D eigenvalue weighted by atomic mass is 14.5. The van der Waals surface area contributed by atoms with Crippen LogP contribution in [0.3, 0.4) is 0 Å². The molecule has 0 bridgehead atoms. The van der Waals surface area contributed by atoms with Crippen LogP contribution in [0, 0.1) is 11.3 Å². The van der Waals surface area contributed by atoms with Gasteiger partial charge in [0.25, 0.3) is 0 Å². The Hall–Kier alpha value is -1.49. The van der Waals surface area contributed by atoms with Gasteiger partial charge in [0.1, 0.15) is 0 Å². The first-order chi connectivity index (χ1) is 6.12. The maximum absolute atomic E-state index is 9.04. The third kappa shape index (κ3) is 1.81. The van der Waals surface area contributed by atoms with Crippen LogP contribution < -0.4 is 5.73 Å². The van der Waals surface area contributed by atoms with Crippen molar-refractivity contribution in [2.45, 2.75) is 25.7 Å². The summed E-state index contributed by atoms with van der Waals surface area (Å²) in [6.45, 7) is 3.94. The van der Waals surface area contributed by atoms with Gasteiger partial charge in [0.05, 0.1) is 11.5 Å². The lowest BCUT2D eigenvalue weighted by atomic mass is 9.81. The van der Waals surface area contributed by atoms with Gasteiger partial charge in [0.2, 0.25) is 0 Å². The molecule has 1 aromatic carbocycles. The maximum atomic E-state index is 9.04. The van der Waals surface area contributed by atoms with Crippen LogP contribution in [0.5, 0.6) is 0 Å². The topological polar surface area (TPSA) is 49.8 Å². The molecule has 1 unspecified atom stereocenters. The van der Waals surface area contributed by atoms with Gasteiger partial charge in [-0.05, 0) is 31.0 Å². The van der Waals surface area contributed by atoms with Gasteiger partial charge in [-0.1, -0.05) is 19.1 Å². The second-order valence-corrected chi connectivity index (χ2v) is 3.42. The molecule has 0 amide bonds. The predicted molar refractivity (Wildman–Crippen MR) is 54.1 cm³/mol. The molecule has 0 saturated heterocycles. The summed E-state index contributed by atoms with van der Waals surface area (Å²) in [6.07, 6.45) is 0.799. The molecule has 68 valence electrons. The first-order valence-electron chi connectivity index (χ1n) is 4.39. The molecule has 0 heterocycles. The number of nitrogen functional groups attached to an aromatic ring is 1. The standard InChI is InChI=1S/C11H14N2/c1-3-11(2,8-12)9-5-4-6-10(13)7-9/h4-7H,3,13H2,1-2H3. The highest BCUT2D eigenvalue weighted by molar-refractivity contribution is 5.45. The van der Waals surface area contributed by atoms with Crippen molar-refractivity contribution in [2.24, 2.45) is 0 Å². The lowest BCUT2D eigenvalue weighted by molar-refractivity contribution is 0.587. The Bertz CT molecular complexity index is 338. The van der Waals surface area contributed by atoms with E-state index in [9.17, 15) is 0 Å². The quantitative estimate of drug-likeness (QED) is 0.700. The second kappa shape index (κ2) is 3.49. The Kier molecular flexibility index (Phi) is 2.57. The van der Waals surface area contributed by atoms with Gasteiger partial charge in [-0.15, -0.1) is 0 Å². The van der Waals surface area contributed by atoms with Crippen molar-refractivity contribution in [1.29, 1.82) is 5.26 Å². The van der Waals surface area contributed by atoms with Crippen LogP contribution >= 0.6 is 0 Å². The molecule has 0 saturated carbocycles. The Morgan fingerprint density at radius 1 is 1.54 bits per heavy atom. The van der Waals surface area contributed by atoms with Crippen molar-refractivity contribution < 1.29 is 0 Å². The SMILES string of the molecule is CCC(C)(C#N)c1cccc(N)c1. The Morgan fingerprint density at radius 2 is 2.23 bits per heavy atom. The Labute approximate surface area is 79.0 Å². The first kappa shape index (κ1) is 9.60. The third-order valence-corrected chi connectivity index (χ3v) is 2.48. The lowest BCUT2D eigenvalue weighted by Crippen LogP contribution is -2.17. The average molecular weight is 174 g/mol. The number of nitrogens with two attached hydrogens (primary N) is 1. The fraction of sp³-hybridized carbons (Fsp3) is 0.364. The molecule has 1 rings (SSSR count). The van der Waals surface area contributed by atoms with E-state index in [4.69, 9.17) is 11.0 Å². The number of rotatable bonds is 2. The summed E-state index contributed by atoms with van der Waals surface area (Å²) in [5.74, 6) is 0. The van der Waals surface area contributed by atoms with E-state index in [1.54, 1.807) is 0 Å². The van der Waals surface area contributed by atoms with Crippen molar-refractivity contribution in [3.63, 3.8) is 0 Å². The fourth-order valence-corrected chi connectivity index (χ4v) is 1.23. The molecule has 0 aliphatic rings. The molecule has 1 atom stereocenters. The molecule has 1 aromatic rings. The number of hydrogen-bond donors (Lipinski definition) is 1. The van der Waals surface area contributed by atoms with Gasteiger partial charge in [0.15, 0.2) is 0 Å². The van der Waals surface area contributed by atoms with Crippen LogP contribution in [0.2, 0.25) is 0 Å². The van der Waals surface area contributed by atoms with Gasteiger partial charge < -0.3 is 5.73 Å². The molecule has 2 N–H and O–H groups in total. The molecule has 0 aromatic heterocycles. The lowest BCUT2D eigenvalue weighted by Gasteiger charge is -2.19. The molecule has 2 nitrogen and oxygen atoms in total. The minimum absolute atomic E-state index is 0.407. The number of benzene rings is 1. The van der Waals surface area contributed by atoms with E-state index in [-0.39, 0.29) is 0 Å². The van der Waals surface area contributed by atoms with Crippen LogP contribution in [0.15, 0.2) is 24.3 Å². The molecule has 0 aliphatic carbocycles. The van der Waals surface area contributed by atoms with Gasteiger partial charge in [0, 0.05) is 5.69 Å². The number of nitriles is 1. The van der Waals surface area contributed by atoms with Crippen molar-refractivity contribution in [2.75, 3.05) is 5.73 Å². The molecule has 0 radical (unpaired) electrons. The molecular formula is C11H14N2. The van der Waals surface area contributed by atoms with E-state index in [1.807, 2.05) is 38.1 Å². The van der Waals surface area contributed by atoms with Crippen LogP contribution in [-0.4, -0.2) is 0 Å². The zero-order valence-corrected chi connectivity index (χ0v) is 8.04. The monoisotopic (exact) mass is 174 g/mol. The van der Waals surface area contributed by atoms with E-state index in [0.29, 0.717) is 5.69 Å². The third-order valence-electron chi connectivity index (χ3n) is 2.48. The van der Waals surface area contributed by atoms with Crippen molar-refractivity contribution in [3.05, 3.63) is 29.8 Å². The van der Waals surface area contributed by atoms with Gasteiger partial charge in [-0.2, -0.15) is 5.26 Å². The number of nitrogens with zero attached hydrogens (tertiary/aromatic N) is 1. The summed E-state index contributed by atoms with van der Waals surface area (Å²) < 4.78 is 0. The normalized spacial score (nSPS) is 14.5. The molecule has 0 aliphatic heterocycles. The summed E-state index contributed by atoms with van der Waals surface area (Å²) >= 11 is 0. The largest absolute Gasteiger partial charge is 0.399 e. The van der Waals surface area contributed by atoms with E-state index >= 15 is 0 Å². The van der Waals surface area contributed by atoms with Crippen molar-refractivity contribution >= 4 is 5.69 Å². The van der Waals surface area contributed by atoms with Crippen LogP contribution in [0.25, 0.3) is 0 Å². The summed E-state index contributed by atoms with van der Waals surface area (Å²) in [6, 6.07) is 9.85. The first-order valence-corrected chi connectivity index (χ1v) is 4.39. The van der Waals surface area contributed by atoms with E-state index < -0.39 is 5.41 Å². The highest BCUT2D eigenvalue weighted by Gasteiger charge is 2.23. The Morgan fingerprint density at radius 3 is 2.69 bits per heavy atom. The molecule has 0 fully saturated rings. The van der Waals surface area contributed by atoms with Gasteiger partial charge in [-0.3, -0.25) is 0 Å². The van der Waals surface area contributed by atoms with Crippen molar-refractivity contribution in [3.8, 4) is 6.07 Å². The summed E-state index contributed by atoms with van der Waals surface area (Å²) in [4.78, 5) is 0. The average Bonchev–Trinajstić information content (AvgIpc) is 2.17. The molecular weight excluding hydrogens is 160 g/mol. The predicted octanol–water partition coefficient (Wildman–Crippen LogP) is 2.46. The zero-order valence-electron chi connectivity index (χ0n) is 8.04.